The number of phosphoric ester groups is 1. The second-order valence-corrected chi connectivity index (χ2v) is 2.02. The van der Waals surface area contributed by atoms with Gasteiger partial charge < -0.3 is 18.9 Å². The SMILES string of the molecule is CCOP(=O)([O-])[O-].[Fe+2]. The summed E-state index contributed by atoms with van der Waals surface area (Å²) in [7, 11) is -4.67. The van der Waals surface area contributed by atoms with Gasteiger partial charge in [0.1, 0.15) is 0 Å². The van der Waals surface area contributed by atoms with Crippen molar-refractivity contribution in [3.8, 4) is 0 Å². The molecule has 0 aromatic heterocycles. The van der Waals surface area contributed by atoms with Gasteiger partial charge in [0.2, 0.25) is 0 Å². The van der Waals surface area contributed by atoms with Crippen molar-refractivity contribution in [1.29, 1.82) is 0 Å². The Morgan fingerprint density at radius 2 is 2.00 bits per heavy atom. The zero-order chi connectivity index (χ0) is 5.91. The summed E-state index contributed by atoms with van der Waals surface area (Å²) in [6.07, 6.45) is 0. The van der Waals surface area contributed by atoms with Crippen molar-refractivity contribution in [2.45, 2.75) is 6.92 Å². The van der Waals surface area contributed by atoms with Gasteiger partial charge in [-0.05, 0) is 6.92 Å². The molecule has 0 unspecified atom stereocenters. The fourth-order valence-electron chi connectivity index (χ4n) is 0.158. The molecule has 0 radical (unpaired) electrons. The first-order chi connectivity index (χ1) is 3.06. The number of hydrogen-bond donors (Lipinski definition) is 0. The van der Waals surface area contributed by atoms with Crippen LogP contribution in [0.5, 0.6) is 0 Å². The largest absolute Gasteiger partial charge is 2.00 e. The molecule has 0 heterocycles. The summed E-state index contributed by atoms with van der Waals surface area (Å²) in [6, 6.07) is 0. The Balaban J connectivity index is 0. The van der Waals surface area contributed by atoms with E-state index in [1.165, 1.54) is 6.92 Å². The van der Waals surface area contributed by atoms with Gasteiger partial charge in [-0.3, -0.25) is 0 Å². The van der Waals surface area contributed by atoms with Gasteiger partial charge in [-0.1, -0.05) is 0 Å². The van der Waals surface area contributed by atoms with Crippen LogP contribution in [0.1, 0.15) is 6.92 Å². The fourth-order valence-corrected chi connectivity index (χ4v) is 0.474. The molecule has 0 saturated heterocycles. The summed E-state index contributed by atoms with van der Waals surface area (Å²) in [6.45, 7) is 1.35. The molecular weight excluding hydrogens is 175 g/mol. The summed E-state index contributed by atoms with van der Waals surface area (Å²) in [5, 5.41) is 0. The predicted molar refractivity (Wildman–Crippen MR) is 19.2 cm³/mol. The Morgan fingerprint density at radius 1 is 1.62 bits per heavy atom. The van der Waals surface area contributed by atoms with E-state index in [1.54, 1.807) is 0 Å². The van der Waals surface area contributed by atoms with Gasteiger partial charge in [-0.2, -0.15) is 0 Å². The van der Waals surface area contributed by atoms with Crippen LogP contribution in [0.25, 0.3) is 0 Å². The molecule has 0 spiro atoms. The zero-order valence-electron chi connectivity index (χ0n) is 4.14. The van der Waals surface area contributed by atoms with E-state index < -0.39 is 7.82 Å². The van der Waals surface area contributed by atoms with Crippen LogP contribution in [0.3, 0.4) is 0 Å². The predicted octanol–water partition coefficient (Wildman–Crippen LogP) is -1.15. The monoisotopic (exact) mass is 180 g/mol. The summed E-state index contributed by atoms with van der Waals surface area (Å²) in [5.74, 6) is 0. The molecule has 0 amide bonds. The van der Waals surface area contributed by atoms with Crippen LogP contribution in [0.2, 0.25) is 0 Å². The third-order valence-corrected chi connectivity index (χ3v) is 0.862. The molecule has 4 nitrogen and oxygen atoms in total. The van der Waals surface area contributed by atoms with E-state index >= 15 is 0 Å². The van der Waals surface area contributed by atoms with E-state index in [0.717, 1.165) is 0 Å². The van der Waals surface area contributed by atoms with E-state index in [-0.39, 0.29) is 23.7 Å². The molecule has 0 N–H and O–H groups in total. The molecule has 0 aliphatic heterocycles. The second kappa shape index (κ2) is 4.50. The zero-order valence-corrected chi connectivity index (χ0v) is 6.14. The first kappa shape index (κ1) is 11.4. The van der Waals surface area contributed by atoms with Gasteiger partial charge >= 0.3 is 17.1 Å². The maximum absolute atomic E-state index is 9.48. The molecule has 0 atom stereocenters. The summed E-state index contributed by atoms with van der Waals surface area (Å²) >= 11 is 0. The van der Waals surface area contributed by atoms with Crippen molar-refractivity contribution in [3.05, 3.63) is 0 Å². The Hall–Kier alpha value is 0.629. The molecule has 0 aliphatic rings. The van der Waals surface area contributed by atoms with Crippen molar-refractivity contribution in [2.75, 3.05) is 6.61 Å². The summed E-state index contributed by atoms with van der Waals surface area (Å²) in [4.78, 5) is 19.0. The quantitative estimate of drug-likeness (QED) is 0.397. The smallest absolute Gasteiger partial charge is 0.790 e. The number of phosphoric acid groups is 1. The summed E-state index contributed by atoms with van der Waals surface area (Å²) < 4.78 is 13.2. The van der Waals surface area contributed by atoms with Crippen molar-refractivity contribution < 1.29 is 35.9 Å². The number of hydrogen-bond acceptors (Lipinski definition) is 4. The minimum Gasteiger partial charge on any atom is -0.790 e. The fraction of sp³-hybridized carbons (Fsp3) is 1.00. The van der Waals surface area contributed by atoms with Gasteiger partial charge in [-0.25, -0.2) is 0 Å². The molecule has 0 fully saturated rings. The van der Waals surface area contributed by atoms with E-state index in [1.807, 2.05) is 0 Å². The second-order valence-electron chi connectivity index (χ2n) is 0.865. The van der Waals surface area contributed by atoms with Crippen LogP contribution in [0.15, 0.2) is 0 Å². The van der Waals surface area contributed by atoms with Crippen molar-refractivity contribution in [2.24, 2.45) is 0 Å². The molecule has 0 aliphatic carbocycles. The molecular formula is C2H5FeO4P. The van der Waals surface area contributed by atoms with Crippen molar-refractivity contribution in [3.63, 3.8) is 0 Å². The van der Waals surface area contributed by atoms with Gasteiger partial charge in [0.15, 0.2) is 0 Å². The van der Waals surface area contributed by atoms with Gasteiger partial charge in [-0.15, -0.1) is 0 Å². The van der Waals surface area contributed by atoms with Crippen LogP contribution in [-0.4, -0.2) is 6.61 Å². The first-order valence-corrected chi connectivity index (χ1v) is 3.19. The molecule has 0 rings (SSSR count). The van der Waals surface area contributed by atoms with E-state index in [0.29, 0.717) is 0 Å². The van der Waals surface area contributed by atoms with Crippen LogP contribution in [-0.2, 0) is 26.2 Å². The van der Waals surface area contributed by atoms with E-state index in [9.17, 15) is 14.4 Å². The van der Waals surface area contributed by atoms with Crippen LogP contribution >= 0.6 is 7.82 Å². The topological polar surface area (TPSA) is 72.4 Å². The Kier molecular flexibility index (Phi) is 6.43. The average Bonchev–Trinajstić information content (AvgIpc) is 1.30. The third kappa shape index (κ3) is 9.80. The maximum Gasteiger partial charge on any atom is 2.00 e. The molecule has 0 saturated carbocycles. The third-order valence-electron chi connectivity index (χ3n) is 0.287. The molecule has 0 aromatic carbocycles. The van der Waals surface area contributed by atoms with Gasteiger partial charge in [0.25, 0.3) is 0 Å². The maximum atomic E-state index is 9.48. The Labute approximate surface area is 58.0 Å². The van der Waals surface area contributed by atoms with Gasteiger partial charge in [0.05, 0.1) is 7.82 Å². The van der Waals surface area contributed by atoms with E-state index in [2.05, 4.69) is 4.52 Å². The summed E-state index contributed by atoms with van der Waals surface area (Å²) in [5.41, 5.74) is 0. The van der Waals surface area contributed by atoms with Crippen molar-refractivity contribution in [1.82, 2.24) is 0 Å². The minimum atomic E-state index is -4.67. The standard InChI is InChI=1S/C2H7O4P.Fe/c1-2-6-7(3,4)5;/h2H2,1H3,(H2,3,4,5);/q;+2/p-2. The Morgan fingerprint density at radius 3 is 2.00 bits per heavy atom. The van der Waals surface area contributed by atoms with Crippen LogP contribution in [0.4, 0.5) is 0 Å². The normalized spacial score (nSPS) is 10.4. The molecule has 6 heteroatoms. The van der Waals surface area contributed by atoms with Gasteiger partial charge in [0, 0.05) is 6.61 Å². The van der Waals surface area contributed by atoms with Crippen LogP contribution in [0, 0.1) is 0 Å². The number of rotatable bonds is 2. The minimum absolute atomic E-state index is 0. The first-order valence-electron chi connectivity index (χ1n) is 1.73. The Bertz CT molecular complexity index is 88.0. The molecule has 0 bridgehead atoms. The molecule has 0 aromatic rings. The molecule has 8 heavy (non-hydrogen) atoms. The molecule has 50 valence electrons. The average molecular weight is 180 g/mol. The van der Waals surface area contributed by atoms with E-state index in [4.69, 9.17) is 0 Å². The van der Waals surface area contributed by atoms with Crippen molar-refractivity contribution >= 4 is 7.82 Å². The van der Waals surface area contributed by atoms with Crippen LogP contribution < -0.4 is 9.79 Å².